The van der Waals surface area contributed by atoms with Crippen molar-refractivity contribution in [3.63, 3.8) is 0 Å². The summed E-state index contributed by atoms with van der Waals surface area (Å²) >= 11 is 0. The zero-order valence-electron chi connectivity index (χ0n) is 13.7. The lowest BCUT2D eigenvalue weighted by atomic mass is 10.1. The molecule has 3 rings (SSSR count). The molecule has 0 radical (unpaired) electrons. The predicted molar refractivity (Wildman–Crippen MR) is 96.3 cm³/mol. The number of carbonyl (C=O) groups is 1. The molecule has 2 aromatic rings. The largest absolute Gasteiger partial charge is 0.383 e. The Morgan fingerprint density at radius 3 is 2.83 bits per heavy atom. The molecule has 0 bridgehead atoms. The summed E-state index contributed by atoms with van der Waals surface area (Å²) < 4.78 is 0. The fraction of sp³-hybridized carbons (Fsp3) is 0.316. The summed E-state index contributed by atoms with van der Waals surface area (Å²) in [5.41, 5.74) is 5.48. The number of nitrogens with one attached hydrogen (secondary N) is 2. The molecule has 0 aromatic heterocycles. The van der Waals surface area contributed by atoms with Gasteiger partial charge in [0.2, 0.25) is 5.91 Å². The molecule has 0 aliphatic carbocycles. The van der Waals surface area contributed by atoms with Crippen molar-refractivity contribution in [2.45, 2.75) is 20.3 Å². The van der Waals surface area contributed by atoms with Gasteiger partial charge in [-0.25, -0.2) is 0 Å². The lowest BCUT2D eigenvalue weighted by molar-refractivity contribution is -0.115. The van der Waals surface area contributed by atoms with Gasteiger partial charge in [0.05, 0.1) is 17.9 Å². The highest BCUT2D eigenvalue weighted by atomic mass is 16.2. The van der Waals surface area contributed by atoms with Crippen molar-refractivity contribution in [2.24, 2.45) is 0 Å². The maximum Gasteiger partial charge on any atom is 0.243 e. The standard InChI is InChI=1S/C19H23N3O/c1-14-8-9-16(12-15(14)2)21-19(23)13-22-11-5-10-20-17-6-3-4-7-18(17)22/h3-4,6-9,12,20H,5,10-11,13H2,1-2H3,(H,21,23). The van der Waals surface area contributed by atoms with Gasteiger partial charge >= 0.3 is 0 Å². The van der Waals surface area contributed by atoms with Crippen molar-refractivity contribution in [1.29, 1.82) is 0 Å². The Hall–Kier alpha value is -2.49. The van der Waals surface area contributed by atoms with Crippen LogP contribution < -0.4 is 15.5 Å². The molecule has 1 amide bonds. The summed E-state index contributed by atoms with van der Waals surface area (Å²) in [4.78, 5) is 14.6. The second-order valence-electron chi connectivity index (χ2n) is 6.07. The third-order valence-electron chi connectivity index (χ3n) is 4.29. The van der Waals surface area contributed by atoms with E-state index in [2.05, 4.69) is 41.5 Å². The number of para-hydroxylation sites is 2. The van der Waals surface area contributed by atoms with E-state index in [4.69, 9.17) is 0 Å². The number of nitrogens with zero attached hydrogens (tertiary/aromatic N) is 1. The summed E-state index contributed by atoms with van der Waals surface area (Å²) in [6, 6.07) is 14.2. The first-order valence-electron chi connectivity index (χ1n) is 8.08. The van der Waals surface area contributed by atoms with Crippen LogP contribution in [0.3, 0.4) is 0 Å². The van der Waals surface area contributed by atoms with Gasteiger partial charge in [0.25, 0.3) is 0 Å². The number of hydrogen-bond donors (Lipinski definition) is 2. The lowest BCUT2D eigenvalue weighted by Crippen LogP contribution is -2.33. The van der Waals surface area contributed by atoms with Gasteiger partial charge in [0, 0.05) is 18.8 Å². The first-order valence-corrected chi connectivity index (χ1v) is 8.08. The Morgan fingerprint density at radius 2 is 2.00 bits per heavy atom. The lowest BCUT2D eigenvalue weighted by Gasteiger charge is -2.23. The van der Waals surface area contributed by atoms with Crippen LogP contribution in [0.5, 0.6) is 0 Å². The Labute approximate surface area is 137 Å². The normalized spacial score (nSPS) is 13.7. The van der Waals surface area contributed by atoms with Gasteiger partial charge in [-0.15, -0.1) is 0 Å². The van der Waals surface area contributed by atoms with Gasteiger partial charge in [-0.2, -0.15) is 0 Å². The zero-order valence-corrected chi connectivity index (χ0v) is 13.7. The zero-order chi connectivity index (χ0) is 16.2. The summed E-state index contributed by atoms with van der Waals surface area (Å²) in [5, 5.41) is 6.43. The van der Waals surface area contributed by atoms with Crippen LogP contribution in [0.2, 0.25) is 0 Å². The van der Waals surface area contributed by atoms with Crippen LogP contribution in [-0.4, -0.2) is 25.5 Å². The van der Waals surface area contributed by atoms with E-state index in [0.717, 1.165) is 36.6 Å². The van der Waals surface area contributed by atoms with E-state index in [9.17, 15) is 4.79 Å². The molecule has 2 aromatic carbocycles. The Kier molecular flexibility index (Phi) is 4.51. The third kappa shape index (κ3) is 3.65. The molecule has 4 heteroatoms. The van der Waals surface area contributed by atoms with Crippen molar-refractivity contribution in [3.05, 3.63) is 53.6 Å². The summed E-state index contributed by atoms with van der Waals surface area (Å²) in [6.45, 7) is 6.31. The molecule has 1 aliphatic rings. The van der Waals surface area contributed by atoms with Crippen molar-refractivity contribution in [1.82, 2.24) is 0 Å². The van der Waals surface area contributed by atoms with E-state index in [1.54, 1.807) is 0 Å². The van der Waals surface area contributed by atoms with Gasteiger partial charge in [-0.05, 0) is 55.7 Å². The van der Waals surface area contributed by atoms with Crippen molar-refractivity contribution in [3.8, 4) is 0 Å². The molecular weight excluding hydrogens is 286 g/mol. The molecule has 0 spiro atoms. The average molecular weight is 309 g/mol. The molecule has 1 aliphatic heterocycles. The van der Waals surface area contributed by atoms with Crippen LogP contribution >= 0.6 is 0 Å². The molecule has 0 atom stereocenters. The molecule has 23 heavy (non-hydrogen) atoms. The van der Waals surface area contributed by atoms with E-state index in [1.165, 1.54) is 11.1 Å². The molecule has 1 heterocycles. The molecule has 0 unspecified atom stereocenters. The number of aryl methyl sites for hydroxylation is 2. The Bertz CT molecular complexity index is 712. The van der Waals surface area contributed by atoms with Crippen LogP contribution in [-0.2, 0) is 4.79 Å². The highest BCUT2D eigenvalue weighted by Gasteiger charge is 2.17. The quantitative estimate of drug-likeness (QED) is 0.911. The molecule has 0 fully saturated rings. The predicted octanol–water partition coefficient (Wildman–Crippen LogP) is 3.56. The highest BCUT2D eigenvalue weighted by molar-refractivity contribution is 5.94. The number of fused-ring (bicyclic) bond motifs is 1. The number of hydrogen-bond acceptors (Lipinski definition) is 3. The Balaban J connectivity index is 1.71. The second kappa shape index (κ2) is 6.73. The molecule has 4 nitrogen and oxygen atoms in total. The number of carbonyl (C=O) groups excluding carboxylic acids is 1. The fourth-order valence-electron chi connectivity index (χ4n) is 2.87. The van der Waals surface area contributed by atoms with Crippen molar-refractivity contribution >= 4 is 23.0 Å². The number of rotatable bonds is 3. The molecular formula is C19H23N3O. The number of anilines is 3. The second-order valence-corrected chi connectivity index (χ2v) is 6.07. The topological polar surface area (TPSA) is 44.4 Å². The van der Waals surface area contributed by atoms with Gasteiger partial charge in [0.15, 0.2) is 0 Å². The van der Waals surface area contributed by atoms with Crippen LogP contribution in [0.15, 0.2) is 42.5 Å². The summed E-state index contributed by atoms with van der Waals surface area (Å²) in [5.74, 6) is 0.0185. The first-order chi connectivity index (χ1) is 11.1. The van der Waals surface area contributed by atoms with E-state index in [1.807, 2.05) is 30.3 Å². The minimum absolute atomic E-state index is 0.0185. The maximum atomic E-state index is 12.4. The average Bonchev–Trinajstić information content (AvgIpc) is 2.74. The Morgan fingerprint density at radius 1 is 1.17 bits per heavy atom. The highest BCUT2D eigenvalue weighted by Crippen LogP contribution is 2.27. The molecule has 0 saturated heterocycles. The SMILES string of the molecule is Cc1ccc(NC(=O)CN2CCCNc3ccccc32)cc1C. The smallest absolute Gasteiger partial charge is 0.243 e. The number of amides is 1. The van der Waals surface area contributed by atoms with Crippen LogP contribution in [0.4, 0.5) is 17.1 Å². The number of benzene rings is 2. The van der Waals surface area contributed by atoms with Crippen molar-refractivity contribution in [2.75, 3.05) is 35.2 Å². The minimum atomic E-state index is 0.0185. The first kappa shape index (κ1) is 15.4. The van der Waals surface area contributed by atoms with Crippen LogP contribution in [0.1, 0.15) is 17.5 Å². The fourth-order valence-corrected chi connectivity index (χ4v) is 2.87. The molecule has 0 saturated carbocycles. The van der Waals surface area contributed by atoms with Gasteiger partial charge in [0.1, 0.15) is 0 Å². The van der Waals surface area contributed by atoms with E-state index in [-0.39, 0.29) is 5.91 Å². The summed E-state index contributed by atoms with van der Waals surface area (Å²) in [6.07, 6.45) is 1.02. The van der Waals surface area contributed by atoms with E-state index in [0.29, 0.717) is 6.54 Å². The van der Waals surface area contributed by atoms with Gasteiger partial charge in [-0.3, -0.25) is 4.79 Å². The maximum absolute atomic E-state index is 12.4. The van der Waals surface area contributed by atoms with Crippen LogP contribution in [0.25, 0.3) is 0 Å². The van der Waals surface area contributed by atoms with Gasteiger partial charge in [-0.1, -0.05) is 18.2 Å². The van der Waals surface area contributed by atoms with Crippen LogP contribution in [0, 0.1) is 13.8 Å². The third-order valence-corrected chi connectivity index (χ3v) is 4.29. The van der Waals surface area contributed by atoms with E-state index < -0.39 is 0 Å². The minimum Gasteiger partial charge on any atom is -0.383 e. The van der Waals surface area contributed by atoms with Crippen molar-refractivity contribution < 1.29 is 4.79 Å². The van der Waals surface area contributed by atoms with Gasteiger partial charge < -0.3 is 15.5 Å². The monoisotopic (exact) mass is 309 g/mol. The van der Waals surface area contributed by atoms with E-state index >= 15 is 0 Å². The summed E-state index contributed by atoms with van der Waals surface area (Å²) in [7, 11) is 0. The molecule has 2 N–H and O–H groups in total. The molecule has 120 valence electrons.